The van der Waals surface area contributed by atoms with Crippen LogP contribution in [0.25, 0.3) is 32.9 Å². The summed E-state index contributed by atoms with van der Waals surface area (Å²) in [6.45, 7) is 0. The highest BCUT2D eigenvalue weighted by molar-refractivity contribution is 9.10. The van der Waals surface area contributed by atoms with Crippen LogP contribution in [0, 0.1) is 0 Å². The van der Waals surface area contributed by atoms with Crippen molar-refractivity contribution in [3.8, 4) is 11.1 Å². The van der Waals surface area contributed by atoms with Gasteiger partial charge < -0.3 is 4.90 Å². The molecule has 0 bridgehead atoms. The van der Waals surface area contributed by atoms with Gasteiger partial charge in [-0.1, -0.05) is 46.3 Å². The molecule has 3 aromatic carbocycles. The third-order valence-electron chi connectivity index (χ3n) is 4.31. The van der Waals surface area contributed by atoms with E-state index in [2.05, 4.69) is 89.5 Å². The molecule has 0 aliphatic heterocycles. The van der Waals surface area contributed by atoms with Gasteiger partial charge in [0.05, 0.1) is 11.0 Å². The zero-order valence-corrected chi connectivity index (χ0v) is 15.2. The lowest BCUT2D eigenvalue weighted by atomic mass is 9.96. The fourth-order valence-corrected chi connectivity index (χ4v) is 3.46. The van der Waals surface area contributed by atoms with Gasteiger partial charge in [0, 0.05) is 40.6 Å². The van der Waals surface area contributed by atoms with Crippen LogP contribution in [0.4, 0.5) is 5.69 Å². The Kier molecular flexibility index (Phi) is 3.73. The predicted molar refractivity (Wildman–Crippen MR) is 107 cm³/mol. The monoisotopic (exact) mass is 376 g/mol. The molecule has 0 unspecified atom stereocenters. The smallest absolute Gasteiger partial charge is 0.0716 e. The molecule has 1 aromatic heterocycles. The highest BCUT2D eigenvalue weighted by atomic mass is 79.9. The Morgan fingerprint density at radius 1 is 0.792 bits per heavy atom. The maximum absolute atomic E-state index is 4.82. The Morgan fingerprint density at radius 3 is 2.25 bits per heavy atom. The number of fused-ring (bicyclic) bond motifs is 2. The number of hydrogen-bond acceptors (Lipinski definition) is 2. The molecule has 0 spiro atoms. The molecule has 0 radical (unpaired) electrons. The number of nitrogens with zero attached hydrogens (tertiary/aromatic N) is 2. The molecule has 0 aliphatic carbocycles. The molecule has 2 nitrogen and oxygen atoms in total. The standard InChI is InChI=1S/C21H17BrN2/c1-24(2)16-10-7-14(8-11-16)21-17-5-3-4-6-19(17)23-20-12-9-15(22)13-18(20)21/h3-13H,1-2H3. The molecule has 0 saturated carbocycles. The quantitative estimate of drug-likeness (QED) is 0.405. The van der Waals surface area contributed by atoms with Crippen LogP contribution in [-0.4, -0.2) is 19.1 Å². The lowest BCUT2D eigenvalue weighted by Crippen LogP contribution is -2.07. The maximum atomic E-state index is 4.82. The summed E-state index contributed by atoms with van der Waals surface area (Å²) >= 11 is 3.60. The van der Waals surface area contributed by atoms with E-state index in [4.69, 9.17) is 4.98 Å². The maximum Gasteiger partial charge on any atom is 0.0716 e. The van der Waals surface area contributed by atoms with Gasteiger partial charge in [0.1, 0.15) is 0 Å². The van der Waals surface area contributed by atoms with Crippen molar-refractivity contribution in [3.63, 3.8) is 0 Å². The number of pyridine rings is 1. The molecule has 0 saturated heterocycles. The summed E-state index contributed by atoms with van der Waals surface area (Å²) in [6.07, 6.45) is 0. The number of rotatable bonds is 2. The Morgan fingerprint density at radius 2 is 1.50 bits per heavy atom. The summed E-state index contributed by atoms with van der Waals surface area (Å²) in [5, 5.41) is 2.35. The van der Waals surface area contributed by atoms with E-state index in [1.165, 1.54) is 27.6 Å². The lowest BCUT2D eigenvalue weighted by Gasteiger charge is -2.15. The van der Waals surface area contributed by atoms with Crippen molar-refractivity contribution in [2.45, 2.75) is 0 Å². The number of aromatic nitrogens is 1. The van der Waals surface area contributed by atoms with Crippen LogP contribution in [0.1, 0.15) is 0 Å². The van der Waals surface area contributed by atoms with Crippen LogP contribution in [-0.2, 0) is 0 Å². The van der Waals surface area contributed by atoms with E-state index in [0.717, 1.165) is 15.5 Å². The molecule has 0 fully saturated rings. The first-order valence-electron chi connectivity index (χ1n) is 7.89. The number of para-hydroxylation sites is 1. The number of hydrogen-bond donors (Lipinski definition) is 0. The van der Waals surface area contributed by atoms with Crippen molar-refractivity contribution in [1.82, 2.24) is 4.98 Å². The molecule has 4 aromatic rings. The molecule has 1 heterocycles. The van der Waals surface area contributed by atoms with Gasteiger partial charge >= 0.3 is 0 Å². The Labute approximate surface area is 149 Å². The topological polar surface area (TPSA) is 16.1 Å². The van der Waals surface area contributed by atoms with Gasteiger partial charge in [-0.15, -0.1) is 0 Å². The molecule has 0 atom stereocenters. The zero-order chi connectivity index (χ0) is 16.7. The van der Waals surface area contributed by atoms with Gasteiger partial charge in [0.2, 0.25) is 0 Å². The highest BCUT2D eigenvalue weighted by Crippen LogP contribution is 2.36. The first kappa shape index (κ1) is 15.2. The van der Waals surface area contributed by atoms with Gasteiger partial charge in [-0.25, -0.2) is 4.98 Å². The second-order valence-corrected chi connectivity index (χ2v) is 7.02. The van der Waals surface area contributed by atoms with Crippen LogP contribution >= 0.6 is 15.9 Å². The molecule has 118 valence electrons. The molecule has 0 aliphatic rings. The molecule has 4 rings (SSSR count). The Balaban J connectivity index is 2.08. The Bertz CT molecular complexity index is 1040. The second-order valence-electron chi connectivity index (χ2n) is 6.11. The average molecular weight is 377 g/mol. The van der Waals surface area contributed by atoms with E-state index in [1.807, 2.05) is 12.1 Å². The summed E-state index contributed by atoms with van der Waals surface area (Å²) in [7, 11) is 4.12. The second kappa shape index (κ2) is 5.91. The minimum atomic E-state index is 1.02. The SMILES string of the molecule is CN(C)c1ccc(-c2c3ccccc3nc3ccc(Br)cc23)cc1. The van der Waals surface area contributed by atoms with Gasteiger partial charge in [-0.05, 0) is 42.0 Å². The highest BCUT2D eigenvalue weighted by Gasteiger charge is 2.11. The van der Waals surface area contributed by atoms with Crippen LogP contribution < -0.4 is 4.90 Å². The van der Waals surface area contributed by atoms with E-state index in [9.17, 15) is 0 Å². The summed E-state index contributed by atoms with van der Waals surface area (Å²) in [5.41, 5.74) is 5.69. The first-order chi connectivity index (χ1) is 11.6. The summed E-state index contributed by atoms with van der Waals surface area (Å²) in [4.78, 5) is 6.94. The van der Waals surface area contributed by atoms with Crippen LogP contribution in [0.2, 0.25) is 0 Å². The lowest BCUT2D eigenvalue weighted by molar-refractivity contribution is 1.13. The molecule has 24 heavy (non-hydrogen) atoms. The minimum Gasteiger partial charge on any atom is -0.378 e. The Hall–Kier alpha value is -2.39. The fraction of sp³-hybridized carbons (Fsp3) is 0.0952. The summed E-state index contributed by atoms with van der Waals surface area (Å²) < 4.78 is 1.07. The van der Waals surface area contributed by atoms with Crippen molar-refractivity contribution in [3.05, 3.63) is 71.2 Å². The summed E-state index contributed by atoms with van der Waals surface area (Å²) in [6, 6.07) is 23.3. The van der Waals surface area contributed by atoms with E-state index in [1.54, 1.807) is 0 Å². The molecular weight excluding hydrogens is 360 g/mol. The largest absolute Gasteiger partial charge is 0.378 e. The average Bonchev–Trinajstić information content (AvgIpc) is 2.60. The number of benzene rings is 3. The molecular formula is C21H17BrN2. The van der Waals surface area contributed by atoms with E-state index < -0.39 is 0 Å². The van der Waals surface area contributed by atoms with Crippen molar-refractivity contribution in [1.29, 1.82) is 0 Å². The van der Waals surface area contributed by atoms with Crippen molar-refractivity contribution in [2.75, 3.05) is 19.0 Å². The number of anilines is 1. The fourth-order valence-electron chi connectivity index (χ4n) is 3.10. The van der Waals surface area contributed by atoms with Gasteiger partial charge in [-0.2, -0.15) is 0 Å². The predicted octanol–water partition coefficient (Wildman–Crippen LogP) is 5.88. The zero-order valence-electron chi connectivity index (χ0n) is 13.6. The van der Waals surface area contributed by atoms with E-state index in [0.29, 0.717) is 0 Å². The minimum absolute atomic E-state index is 1.02. The van der Waals surface area contributed by atoms with Crippen LogP contribution in [0.5, 0.6) is 0 Å². The third kappa shape index (κ3) is 2.55. The van der Waals surface area contributed by atoms with Gasteiger partial charge in [0.15, 0.2) is 0 Å². The first-order valence-corrected chi connectivity index (χ1v) is 8.68. The summed E-state index contributed by atoms with van der Waals surface area (Å²) in [5.74, 6) is 0. The van der Waals surface area contributed by atoms with Crippen molar-refractivity contribution < 1.29 is 0 Å². The van der Waals surface area contributed by atoms with Gasteiger partial charge in [-0.3, -0.25) is 0 Å². The van der Waals surface area contributed by atoms with E-state index in [-0.39, 0.29) is 0 Å². The van der Waals surface area contributed by atoms with Crippen LogP contribution in [0.15, 0.2) is 71.2 Å². The molecule has 3 heteroatoms. The molecule has 0 amide bonds. The van der Waals surface area contributed by atoms with Gasteiger partial charge in [0.25, 0.3) is 0 Å². The van der Waals surface area contributed by atoms with E-state index >= 15 is 0 Å². The van der Waals surface area contributed by atoms with Crippen molar-refractivity contribution in [2.24, 2.45) is 0 Å². The third-order valence-corrected chi connectivity index (χ3v) is 4.81. The number of halogens is 1. The van der Waals surface area contributed by atoms with Crippen LogP contribution in [0.3, 0.4) is 0 Å². The molecule has 0 N–H and O–H groups in total. The van der Waals surface area contributed by atoms with Crippen molar-refractivity contribution >= 4 is 43.4 Å². The normalized spacial score (nSPS) is 11.1.